The molecule has 0 aromatic heterocycles. The molecule has 0 unspecified atom stereocenters. The first-order valence-corrected chi connectivity index (χ1v) is 10.1. The van der Waals surface area contributed by atoms with Crippen LogP contribution in [0.4, 0.5) is 11.4 Å². The van der Waals surface area contributed by atoms with Gasteiger partial charge in [-0.25, -0.2) is 0 Å². The van der Waals surface area contributed by atoms with Crippen molar-refractivity contribution in [1.82, 2.24) is 10.2 Å². The highest BCUT2D eigenvalue weighted by molar-refractivity contribution is 6.00. The molecule has 7 heteroatoms. The third-order valence-corrected chi connectivity index (χ3v) is 5.37. The fourth-order valence-electron chi connectivity index (χ4n) is 3.73. The summed E-state index contributed by atoms with van der Waals surface area (Å²) in [7, 11) is 1.52. The van der Waals surface area contributed by atoms with E-state index in [1.807, 2.05) is 6.07 Å². The van der Waals surface area contributed by atoms with Gasteiger partial charge in [-0.1, -0.05) is 37.1 Å². The van der Waals surface area contributed by atoms with Crippen molar-refractivity contribution in [1.29, 1.82) is 0 Å². The van der Waals surface area contributed by atoms with Gasteiger partial charge < -0.3 is 10.6 Å². The molecule has 0 saturated carbocycles. The van der Waals surface area contributed by atoms with Gasteiger partial charge in [-0.15, -0.1) is 0 Å². The van der Waals surface area contributed by atoms with Crippen molar-refractivity contribution >= 4 is 17.3 Å². The summed E-state index contributed by atoms with van der Waals surface area (Å²) in [4.78, 5) is 25.3. The van der Waals surface area contributed by atoms with Gasteiger partial charge in [0.25, 0.3) is 11.6 Å². The van der Waals surface area contributed by atoms with Crippen LogP contribution in [0.3, 0.4) is 0 Å². The molecule has 1 heterocycles. The Hall–Kier alpha value is -2.93. The molecule has 0 bridgehead atoms. The second kappa shape index (κ2) is 10.0. The number of carbonyl (C=O) groups excluding carboxylic acids is 1. The van der Waals surface area contributed by atoms with E-state index in [2.05, 4.69) is 33.7 Å². The third kappa shape index (κ3) is 5.54. The Morgan fingerprint density at radius 2 is 1.76 bits per heavy atom. The number of non-ortho nitro benzene ring substituents is 1. The van der Waals surface area contributed by atoms with E-state index >= 15 is 0 Å². The lowest BCUT2D eigenvalue weighted by Crippen LogP contribution is -2.25. The Kier molecular flexibility index (Phi) is 7.19. The summed E-state index contributed by atoms with van der Waals surface area (Å²) in [6, 6.07) is 12.6. The molecular weight excluding hydrogens is 368 g/mol. The van der Waals surface area contributed by atoms with Gasteiger partial charge in [-0.05, 0) is 43.1 Å². The average Bonchev–Trinajstić information content (AvgIpc) is 3.01. The van der Waals surface area contributed by atoms with Crippen LogP contribution in [0.2, 0.25) is 0 Å². The Morgan fingerprint density at radius 3 is 2.41 bits per heavy atom. The Labute approximate surface area is 171 Å². The van der Waals surface area contributed by atoms with Crippen molar-refractivity contribution in [2.45, 2.75) is 38.8 Å². The van der Waals surface area contributed by atoms with E-state index in [1.165, 1.54) is 50.4 Å². The number of likely N-dealkylation sites (tertiary alicyclic amines) is 1. The van der Waals surface area contributed by atoms with E-state index < -0.39 is 4.92 Å². The van der Waals surface area contributed by atoms with Crippen molar-refractivity contribution in [3.63, 3.8) is 0 Å². The molecule has 2 N–H and O–H groups in total. The molecule has 3 rings (SSSR count). The fraction of sp³-hybridized carbons (Fsp3) is 0.409. The number of carbonyl (C=O) groups is 1. The van der Waals surface area contributed by atoms with Crippen LogP contribution in [0.5, 0.6) is 0 Å². The number of nitrogens with zero attached hydrogens (tertiary/aromatic N) is 2. The molecule has 1 saturated heterocycles. The van der Waals surface area contributed by atoms with E-state index in [-0.39, 0.29) is 17.2 Å². The SMILES string of the molecule is CNC(=O)c1cc([N+](=O)[O-])ccc1NCc1ccccc1CN1CCCCCC1. The topological polar surface area (TPSA) is 87.5 Å². The Balaban J connectivity index is 1.76. The van der Waals surface area contributed by atoms with Gasteiger partial charge in [0, 0.05) is 38.0 Å². The summed E-state index contributed by atoms with van der Waals surface area (Å²) in [5, 5.41) is 16.9. The lowest BCUT2D eigenvalue weighted by Gasteiger charge is -2.22. The van der Waals surface area contributed by atoms with Crippen LogP contribution in [-0.4, -0.2) is 35.9 Å². The molecule has 1 fully saturated rings. The van der Waals surface area contributed by atoms with Gasteiger partial charge in [0.2, 0.25) is 0 Å². The molecule has 0 atom stereocenters. The minimum absolute atomic E-state index is 0.101. The first-order chi connectivity index (χ1) is 14.1. The first kappa shape index (κ1) is 20.8. The molecule has 1 aliphatic rings. The molecule has 0 radical (unpaired) electrons. The molecule has 29 heavy (non-hydrogen) atoms. The highest BCUT2D eigenvalue weighted by Crippen LogP contribution is 2.24. The summed E-state index contributed by atoms with van der Waals surface area (Å²) in [5.41, 5.74) is 3.19. The number of amides is 1. The zero-order chi connectivity index (χ0) is 20.6. The van der Waals surface area contributed by atoms with Crippen LogP contribution in [0.1, 0.15) is 47.2 Å². The van der Waals surface area contributed by atoms with Gasteiger partial charge in [-0.2, -0.15) is 0 Å². The summed E-state index contributed by atoms with van der Waals surface area (Å²) < 4.78 is 0. The number of rotatable bonds is 7. The van der Waals surface area contributed by atoms with Crippen molar-refractivity contribution in [3.05, 3.63) is 69.3 Å². The van der Waals surface area contributed by atoms with Gasteiger partial charge in [0.1, 0.15) is 0 Å². The predicted octanol–water partition coefficient (Wildman–Crippen LogP) is 3.94. The quantitative estimate of drug-likeness (QED) is 0.547. The molecule has 154 valence electrons. The minimum Gasteiger partial charge on any atom is -0.380 e. The first-order valence-electron chi connectivity index (χ1n) is 10.1. The average molecular weight is 396 g/mol. The lowest BCUT2D eigenvalue weighted by molar-refractivity contribution is -0.384. The van der Waals surface area contributed by atoms with Crippen LogP contribution in [0.15, 0.2) is 42.5 Å². The Bertz CT molecular complexity index is 861. The monoisotopic (exact) mass is 396 g/mol. The molecule has 0 spiro atoms. The van der Waals surface area contributed by atoms with E-state index in [4.69, 9.17) is 0 Å². The normalized spacial score (nSPS) is 14.8. The fourth-order valence-corrected chi connectivity index (χ4v) is 3.73. The Morgan fingerprint density at radius 1 is 1.07 bits per heavy atom. The van der Waals surface area contributed by atoms with Crippen LogP contribution >= 0.6 is 0 Å². The molecule has 1 amide bonds. The van der Waals surface area contributed by atoms with E-state index in [0.717, 1.165) is 25.2 Å². The predicted molar refractivity (Wildman–Crippen MR) is 114 cm³/mol. The highest BCUT2D eigenvalue weighted by Gasteiger charge is 2.17. The number of nitrogens with one attached hydrogen (secondary N) is 2. The third-order valence-electron chi connectivity index (χ3n) is 5.37. The summed E-state index contributed by atoms with van der Waals surface area (Å²) in [6.45, 7) is 3.72. The number of nitro groups is 1. The van der Waals surface area contributed by atoms with Crippen LogP contribution < -0.4 is 10.6 Å². The van der Waals surface area contributed by atoms with Crippen LogP contribution in [-0.2, 0) is 13.1 Å². The maximum Gasteiger partial charge on any atom is 0.270 e. The molecule has 1 aliphatic heterocycles. The number of nitro benzene ring substituents is 1. The van der Waals surface area contributed by atoms with E-state index in [9.17, 15) is 14.9 Å². The molecule has 0 aliphatic carbocycles. The standard InChI is InChI=1S/C22H28N4O3/c1-23-22(27)20-14-19(26(28)29)10-11-21(20)24-15-17-8-4-5-9-18(17)16-25-12-6-2-3-7-13-25/h4-5,8-11,14,24H,2-3,6-7,12-13,15-16H2,1H3,(H,23,27). The summed E-state index contributed by atoms with van der Waals surface area (Å²) in [5.74, 6) is -0.353. The minimum atomic E-state index is -0.493. The molecule has 2 aromatic carbocycles. The van der Waals surface area contributed by atoms with Crippen molar-refractivity contribution in [3.8, 4) is 0 Å². The van der Waals surface area contributed by atoms with Gasteiger partial charge >= 0.3 is 0 Å². The van der Waals surface area contributed by atoms with Crippen molar-refractivity contribution < 1.29 is 9.72 Å². The number of hydrogen-bond donors (Lipinski definition) is 2. The smallest absolute Gasteiger partial charge is 0.270 e. The number of anilines is 1. The van der Waals surface area contributed by atoms with Gasteiger partial charge in [0.15, 0.2) is 0 Å². The zero-order valence-corrected chi connectivity index (χ0v) is 16.8. The number of benzene rings is 2. The second-order valence-electron chi connectivity index (χ2n) is 7.38. The maximum absolute atomic E-state index is 12.2. The van der Waals surface area contributed by atoms with E-state index in [1.54, 1.807) is 6.07 Å². The van der Waals surface area contributed by atoms with Gasteiger partial charge in [-0.3, -0.25) is 19.8 Å². The van der Waals surface area contributed by atoms with E-state index in [0.29, 0.717) is 12.2 Å². The highest BCUT2D eigenvalue weighted by atomic mass is 16.6. The number of hydrogen-bond acceptors (Lipinski definition) is 5. The van der Waals surface area contributed by atoms with Crippen molar-refractivity contribution in [2.24, 2.45) is 0 Å². The van der Waals surface area contributed by atoms with Crippen LogP contribution in [0.25, 0.3) is 0 Å². The molecule has 7 nitrogen and oxygen atoms in total. The summed E-state index contributed by atoms with van der Waals surface area (Å²) >= 11 is 0. The van der Waals surface area contributed by atoms with Gasteiger partial charge in [0.05, 0.1) is 10.5 Å². The van der Waals surface area contributed by atoms with Crippen LogP contribution in [0, 0.1) is 10.1 Å². The molecule has 2 aromatic rings. The zero-order valence-electron chi connectivity index (χ0n) is 16.8. The molecular formula is C22H28N4O3. The lowest BCUT2D eigenvalue weighted by atomic mass is 10.1. The van der Waals surface area contributed by atoms with Crippen molar-refractivity contribution in [2.75, 3.05) is 25.5 Å². The second-order valence-corrected chi connectivity index (χ2v) is 7.38. The summed E-state index contributed by atoms with van der Waals surface area (Å²) in [6.07, 6.45) is 5.11. The largest absolute Gasteiger partial charge is 0.380 e. The maximum atomic E-state index is 12.2.